The Kier molecular flexibility index (Phi) is 7.15. The predicted octanol–water partition coefficient (Wildman–Crippen LogP) is 3.01. The molecule has 1 N–H and O–H groups in total. The summed E-state index contributed by atoms with van der Waals surface area (Å²) in [5, 5.41) is 4.63. The van der Waals surface area contributed by atoms with Gasteiger partial charge in [-0.3, -0.25) is 9.69 Å². The zero-order chi connectivity index (χ0) is 21.0. The lowest BCUT2D eigenvalue weighted by Crippen LogP contribution is -2.38. The second kappa shape index (κ2) is 9.82. The molecule has 162 valence electrons. The highest BCUT2D eigenvalue weighted by Crippen LogP contribution is 2.27. The smallest absolute Gasteiger partial charge is 0.263 e. The van der Waals surface area contributed by atoms with Gasteiger partial charge in [0.1, 0.15) is 9.77 Å². The largest absolute Gasteiger partial charge is 0.347 e. The Morgan fingerprint density at radius 2 is 1.70 bits per heavy atom. The molecule has 2 aliphatic heterocycles. The lowest BCUT2D eigenvalue weighted by molar-refractivity contribution is 0.0951. The van der Waals surface area contributed by atoms with E-state index in [1.54, 1.807) is 23.2 Å². The Balaban J connectivity index is 1.45. The summed E-state index contributed by atoms with van der Waals surface area (Å²) in [5.74, 6) is 1.25. The molecule has 1 amide bonds. The summed E-state index contributed by atoms with van der Waals surface area (Å²) in [5.41, 5.74) is 2.29. The SMILES string of the molecule is O=C(NCc1ccccc1CN1CCCC1)c1sccc1S(=O)(=O)N1CCSCC1. The second-order valence-electron chi connectivity index (χ2n) is 7.57. The van der Waals surface area contributed by atoms with Gasteiger partial charge in [0.05, 0.1) is 0 Å². The van der Waals surface area contributed by atoms with Crippen LogP contribution in [0.2, 0.25) is 0 Å². The molecular formula is C21H27N3O3S3. The van der Waals surface area contributed by atoms with Gasteiger partial charge in [0, 0.05) is 37.7 Å². The molecule has 6 nitrogen and oxygen atoms in total. The average molecular weight is 466 g/mol. The number of carbonyl (C=O) groups excluding carboxylic acids is 1. The van der Waals surface area contributed by atoms with Crippen molar-refractivity contribution in [3.63, 3.8) is 0 Å². The summed E-state index contributed by atoms with van der Waals surface area (Å²) in [7, 11) is -3.64. The van der Waals surface area contributed by atoms with E-state index in [0.29, 0.717) is 19.6 Å². The summed E-state index contributed by atoms with van der Waals surface area (Å²) >= 11 is 2.94. The zero-order valence-electron chi connectivity index (χ0n) is 16.9. The van der Waals surface area contributed by atoms with Gasteiger partial charge in [0.2, 0.25) is 10.0 Å². The summed E-state index contributed by atoms with van der Waals surface area (Å²) in [6.07, 6.45) is 2.48. The van der Waals surface area contributed by atoms with Crippen molar-refractivity contribution in [1.82, 2.24) is 14.5 Å². The molecule has 1 aromatic carbocycles. The molecular weight excluding hydrogens is 438 g/mol. The number of likely N-dealkylation sites (tertiary alicyclic amines) is 1. The van der Waals surface area contributed by atoms with Crippen molar-refractivity contribution in [1.29, 1.82) is 0 Å². The van der Waals surface area contributed by atoms with Crippen molar-refractivity contribution in [2.24, 2.45) is 0 Å². The molecule has 30 heavy (non-hydrogen) atoms. The van der Waals surface area contributed by atoms with Crippen LogP contribution in [0.4, 0.5) is 0 Å². The van der Waals surface area contributed by atoms with Gasteiger partial charge in [0.15, 0.2) is 0 Å². The Morgan fingerprint density at radius 1 is 1.00 bits per heavy atom. The van der Waals surface area contributed by atoms with Crippen LogP contribution in [-0.4, -0.2) is 61.2 Å². The molecule has 2 fully saturated rings. The number of hydrogen-bond donors (Lipinski definition) is 1. The van der Waals surface area contributed by atoms with Crippen LogP contribution >= 0.6 is 23.1 Å². The molecule has 4 rings (SSSR count). The number of thioether (sulfide) groups is 1. The minimum Gasteiger partial charge on any atom is -0.347 e. The van der Waals surface area contributed by atoms with Crippen molar-refractivity contribution in [2.75, 3.05) is 37.7 Å². The molecule has 0 bridgehead atoms. The number of hydrogen-bond acceptors (Lipinski definition) is 6. The van der Waals surface area contributed by atoms with Crippen molar-refractivity contribution >= 4 is 39.0 Å². The molecule has 3 heterocycles. The summed E-state index contributed by atoms with van der Waals surface area (Å²) in [6.45, 7) is 4.50. The molecule has 0 unspecified atom stereocenters. The van der Waals surface area contributed by atoms with Crippen molar-refractivity contribution in [2.45, 2.75) is 30.8 Å². The third-order valence-corrected chi connectivity index (χ3v) is 9.50. The summed E-state index contributed by atoms with van der Waals surface area (Å²) in [4.78, 5) is 15.7. The molecule has 1 aromatic heterocycles. The van der Waals surface area contributed by atoms with E-state index in [4.69, 9.17) is 0 Å². The lowest BCUT2D eigenvalue weighted by Gasteiger charge is -2.25. The fourth-order valence-electron chi connectivity index (χ4n) is 3.91. The maximum absolute atomic E-state index is 13.0. The number of thiophene rings is 1. The third-order valence-electron chi connectivity index (χ3n) is 5.57. The van der Waals surface area contributed by atoms with Crippen LogP contribution in [0.5, 0.6) is 0 Å². The number of amides is 1. The quantitative estimate of drug-likeness (QED) is 0.681. The van der Waals surface area contributed by atoms with Crippen LogP contribution in [0.3, 0.4) is 0 Å². The van der Waals surface area contributed by atoms with E-state index in [2.05, 4.69) is 16.3 Å². The van der Waals surface area contributed by atoms with Gasteiger partial charge < -0.3 is 5.32 Å². The molecule has 0 radical (unpaired) electrons. The van der Waals surface area contributed by atoms with Crippen LogP contribution in [-0.2, 0) is 23.1 Å². The van der Waals surface area contributed by atoms with E-state index in [9.17, 15) is 13.2 Å². The third kappa shape index (κ3) is 4.91. The molecule has 0 atom stereocenters. The molecule has 2 aromatic rings. The van der Waals surface area contributed by atoms with E-state index < -0.39 is 10.0 Å². The first kappa shape index (κ1) is 21.8. The highest BCUT2D eigenvalue weighted by Gasteiger charge is 2.31. The Bertz CT molecular complexity index is 978. The number of benzene rings is 1. The molecule has 0 spiro atoms. The van der Waals surface area contributed by atoms with Crippen molar-refractivity contribution < 1.29 is 13.2 Å². The van der Waals surface area contributed by atoms with E-state index in [1.165, 1.54) is 34.0 Å². The first-order chi connectivity index (χ1) is 14.6. The van der Waals surface area contributed by atoms with E-state index in [-0.39, 0.29) is 15.7 Å². The topological polar surface area (TPSA) is 69.7 Å². The molecule has 2 aliphatic rings. The number of sulfonamides is 1. The molecule has 2 saturated heterocycles. The molecule has 0 aliphatic carbocycles. The molecule has 9 heteroatoms. The second-order valence-corrected chi connectivity index (χ2v) is 11.6. The van der Waals surface area contributed by atoms with Gasteiger partial charge in [0.25, 0.3) is 5.91 Å². The minimum atomic E-state index is -3.64. The van der Waals surface area contributed by atoms with Gasteiger partial charge in [-0.1, -0.05) is 24.3 Å². The minimum absolute atomic E-state index is 0.127. The Labute approximate surface area is 186 Å². The lowest BCUT2D eigenvalue weighted by atomic mass is 10.1. The van der Waals surface area contributed by atoms with E-state index in [0.717, 1.165) is 36.7 Å². The van der Waals surface area contributed by atoms with E-state index in [1.807, 2.05) is 18.2 Å². The van der Waals surface area contributed by atoms with Crippen LogP contribution in [0.1, 0.15) is 33.6 Å². The maximum Gasteiger partial charge on any atom is 0.263 e. The Hall–Kier alpha value is -1.39. The van der Waals surface area contributed by atoms with Gasteiger partial charge in [-0.25, -0.2) is 8.42 Å². The monoisotopic (exact) mass is 465 g/mol. The zero-order valence-corrected chi connectivity index (χ0v) is 19.3. The van der Waals surface area contributed by atoms with Gasteiger partial charge in [-0.15, -0.1) is 11.3 Å². The van der Waals surface area contributed by atoms with Gasteiger partial charge in [-0.05, 0) is 48.5 Å². The molecule has 0 saturated carbocycles. The van der Waals surface area contributed by atoms with Gasteiger partial charge in [-0.2, -0.15) is 16.1 Å². The normalized spacial score (nSPS) is 18.5. The standard InChI is InChI=1S/C21H27N3O3S3/c25-21(20-19(7-12-29-20)30(26,27)24-10-13-28-14-11-24)22-15-17-5-1-2-6-18(17)16-23-8-3-4-9-23/h1-2,5-7,12H,3-4,8-11,13-16H2,(H,22,25). The average Bonchev–Trinajstić information content (AvgIpc) is 3.46. The van der Waals surface area contributed by atoms with Crippen LogP contribution in [0.25, 0.3) is 0 Å². The van der Waals surface area contributed by atoms with E-state index >= 15 is 0 Å². The summed E-state index contributed by atoms with van der Waals surface area (Å²) < 4.78 is 27.6. The van der Waals surface area contributed by atoms with Crippen LogP contribution in [0, 0.1) is 0 Å². The summed E-state index contributed by atoms with van der Waals surface area (Å²) in [6, 6.07) is 9.69. The highest BCUT2D eigenvalue weighted by atomic mass is 32.2. The first-order valence-electron chi connectivity index (χ1n) is 10.3. The first-order valence-corrected chi connectivity index (χ1v) is 13.8. The van der Waals surface area contributed by atoms with Gasteiger partial charge >= 0.3 is 0 Å². The number of carbonyl (C=O) groups is 1. The number of rotatable bonds is 7. The van der Waals surface area contributed by atoms with Crippen LogP contribution < -0.4 is 5.32 Å². The highest BCUT2D eigenvalue weighted by molar-refractivity contribution is 7.99. The Morgan fingerprint density at radius 3 is 2.43 bits per heavy atom. The van der Waals surface area contributed by atoms with Crippen molar-refractivity contribution in [3.8, 4) is 0 Å². The maximum atomic E-state index is 13.0. The van der Waals surface area contributed by atoms with Crippen LogP contribution in [0.15, 0.2) is 40.6 Å². The number of nitrogens with zero attached hydrogens (tertiary/aromatic N) is 2. The van der Waals surface area contributed by atoms with Crippen molar-refractivity contribution in [3.05, 3.63) is 51.7 Å². The number of nitrogens with one attached hydrogen (secondary N) is 1. The fraction of sp³-hybridized carbons (Fsp3) is 0.476. The predicted molar refractivity (Wildman–Crippen MR) is 123 cm³/mol. The fourth-order valence-corrected chi connectivity index (χ4v) is 7.81.